The molecule has 7 nitrogen and oxygen atoms in total. The van der Waals surface area contributed by atoms with Crippen molar-refractivity contribution in [3.8, 4) is 0 Å². The van der Waals surface area contributed by atoms with Gasteiger partial charge >= 0.3 is 0 Å². The molecule has 0 aliphatic rings. The molecule has 2 amide bonds. The number of carbonyl (C=O) groups is 2. The van der Waals surface area contributed by atoms with Crippen molar-refractivity contribution in [3.63, 3.8) is 0 Å². The Hall–Kier alpha value is -2.58. The molecule has 0 unspecified atom stereocenters. The Kier molecular flexibility index (Phi) is 6.12. The second kappa shape index (κ2) is 7.98. The maximum absolute atomic E-state index is 12.7. The lowest BCUT2D eigenvalue weighted by atomic mass is 10.1. The average molecular weight is 410 g/mol. The summed E-state index contributed by atoms with van der Waals surface area (Å²) in [5.41, 5.74) is 6.68. The standard InChI is InChI=1S/C18H20ClN3O4S/c1-11-8-9-13(10-15(11)19)22(27(3,25)26)12(2)18(24)21-16-7-5-4-6-14(16)17(20)23/h4-10,12H,1-3H3,(H2,20,23)(H,21,24)/t12-/m1/s1. The van der Waals surface area contributed by atoms with Crippen LogP contribution in [0, 0.1) is 6.92 Å². The molecule has 0 aliphatic heterocycles. The molecule has 2 aromatic carbocycles. The van der Waals surface area contributed by atoms with Crippen LogP contribution in [-0.2, 0) is 14.8 Å². The van der Waals surface area contributed by atoms with Crippen LogP contribution < -0.4 is 15.4 Å². The number of anilines is 2. The Morgan fingerprint density at radius 3 is 2.37 bits per heavy atom. The summed E-state index contributed by atoms with van der Waals surface area (Å²) in [5.74, 6) is -1.32. The van der Waals surface area contributed by atoms with E-state index in [1.807, 2.05) is 0 Å². The Morgan fingerprint density at radius 2 is 1.81 bits per heavy atom. The van der Waals surface area contributed by atoms with Crippen LogP contribution in [0.4, 0.5) is 11.4 Å². The van der Waals surface area contributed by atoms with Crippen molar-refractivity contribution in [1.82, 2.24) is 0 Å². The number of sulfonamides is 1. The van der Waals surface area contributed by atoms with E-state index in [0.29, 0.717) is 5.02 Å². The Morgan fingerprint density at radius 1 is 1.19 bits per heavy atom. The molecular weight excluding hydrogens is 390 g/mol. The molecule has 0 saturated carbocycles. The van der Waals surface area contributed by atoms with E-state index in [4.69, 9.17) is 17.3 Å². The summed E-state index contributed by atoms with van der Waals surface area (Å²) >= 11 is 6.10. The smallest absolute Gasteiger partial charge is 0.250 e. The van der Waals surface area contributed by atoms with Crippen molar-refractivity contribution in [3.05, 3.63) is 58.6 Å². The third kappa shape index (κ3) is 4.78. The van der Waals surface area contributed by atoms with E-state index in [-0.39, 0.29) is 16.9 Å². The van der Waals surface area contributed by atoms with Gasteiger partial charge in [-0.05, 0) is 43.7 Å². The predicted octanol–water partition coefficient (Wildman–Crippen LogP) is 2.54. The quantitative estimate of drug-likeness (QED) is 0.763. The molecule has 144 valence electrons. The SMILES string of the molecule is Cc1ccc(N([C@H](C)C(=O)Nc2ccccc2C(N)=O)S(C)(=O)=O)cc1Cl. The number of hydrogen-bond donors (Lipinski definition) is 2. The molecule has 2 rings (SSSR count). The van der Waals surface area contributed by atoms with Gasteiger partial charge in [-0.1, -0.05) is 29.8 Å². The summed E-state index contributed by atoms with van der Waals surface area (Å²) in [7, 11) is -3.79. The highest BCUT2D eigenvalue weighted by Crippen LogP contribution is 2.27. The predicted molar refractivity (Wildman–Crippen MR) is 107 cm³/mol. The van der Waals surface area contributed by atoms with Crippen LogP contribution in [0.3, 0.4) is 0 Å². The highest BCUT2D eigenvalue weighted by molar-refractivity contribution is 7.92. The van der Waals surface area contributed by atoms with Crippen LogP contribution in [-0.4, -0.2) is 32.5 Å². The lowest BCUT2D eigenvalue weighted by Crippen LogP contribution is -2.45. The van der Waals surface area contributed by atoms with E-state index < -0.39 is 27.9 Å². The zero-order valence-electron chi connectivity index (χ0n) is 15.1. The topological polar surface area (TPSA) is 110 Å². The maximum atomic E-state index is 12.7. The molecule has 0 radical (unpaired) electrons. The number of para-hydroxylation sites is 1. The van der Waals surface area contributed by atoms with Crippen molar-refractivity contribution in [2.24, 2.45) is 5.73 Å². The van der Waals surface area contributed by atoms with Crippen molar-refractivity contribution >= 4 is 44.8 Å². The summed E-state index contributed by atoms with van der Waals surface area (Å²) in [6.45, 7) is 3.23. The molecule has 0 aliphatic carbocycles. The molecule has 0 saturated heterocycles. The maximum Gasteiger partial charge on any atom is 0.250 e. The van der Waals surface area contributed by atoms with Gasteiger partial charge in [-0.25, -0.2) is 8.42 Å². The fourth-order valence-electron chi connectivity index (χ4n) is 2.57. The number of nitrogens with zero attached hydrogens (tertiary/aromatic N) is 1. The van der Waals surface area contributed by atoms with E-state index >= 15 is 0 Å². The summed E-state index contributed by atoms with van der Waals surface area (Å²) in [6, 6.07) is 9.84. The van der Waals surface area contributed by atoms with Crippen molar-refractivity contribution in [1.29, 1.82) is 0 Å². The number of primary amides is 1. The molecule has 0 fully saturated rings. The summed E-state index contributed by atoms with van der Waals surface area (Å²) in [4.78, 5) is 24.2. The van der Waals surface area contributed by atoms with Gasteiger partial charge in [0.1, 0.15) is 6.04 Å². The highest BCUT2D eigenvalue weighted by Gasteiger charge is 2.30. The van der Waals surface area contributed by atoms with E-state index in [2.05, 4.69) is 5.32 Å². The Labute approximate surface area is 163 Å². The molecular formula is C18H20ClN3O4S. The third-order valence-electron chi connectivity index (χ3n) is 3.95. The zero-order valence-corrected chi connectivity index (χ0v) is 16.6. The van der Waals surface area contributed by atoms with Crippen molar-refractivity contribution in [2.75, 3.05) is 15.9 Å². The van der Waals surface area contributed by atoms with Gasteiger partial charge in [-0.3, -0.25) is 13.9 Å². The minimum Gasteiger partial charge on any atom is -0.366 e. The first-order valence-corrected chi connectivity index (χ1v) is 10.2. The number of nitrogens with two attached hydrogens (primary N) is 1. The number of nitrogens with one attached hydrogen (secondary N) is 1. The number of aryl methyl sites for hydroxylation is 1. The second-order valence-corrected chi connectivity index (χ2v) is 8.33. The molecule has 27 heavy (non-hydrogen) atoms. The first-order valence-electron chi connectivity index (χ1n) is 7.97. The first-order chi connectivity index (χ1) is 12.5. The fourth-order valence-corrected chi connectivity index (χ4v) is 3.91. The average Bonchev–Trinajstić information content (AvgIpc) is 2.57. The second-order valence-electron chi connectivity index (χ2n) is 6.07. The largest absolute Gasteiger partial charge is 0.366 e. The van der Waals surface area contributed by atoms with Gasteiger partial charge in [-0.2, -0.15) is 0 Å². The third-order valence-corrected chi connectivity index (χ3v) is 5.60. The van der Waals surface area contributed by atoms with Crippen molar-refractivity contribution in [2.45, 2.75) is 19.9 Å². The van der Waals surface area contributed by atoms with Gasteiger partial charge in [0.05, 0.1) is 23.2 Å². The number of halogens is 1. The van der Waals surface area contributed by atoms with Gasteiger partial charge in [0.25, 0.3) is 5.91 Å². The minimum atomic E-state index is -3.79. The van der Waals surface area contributed by atoms with Crippen LogP contribution in [0.5, 0.6) is 0 Å². The normalized spacial score (nSPS) is 12.3. The molecule has 1 atom stereocenters. The molecule has 0 aromatic heterocycles. The van der Waals surface area contributed by atoms with E-state index in [1.54, 1.807) is 31.2 Å². The van der Waals surface area contributed by atoms with Gasteiger partial charge in [0, 0.05) is 5.02 Å². The van der Waals surface area contributed by atoms with Gasteiger partial charge < -0.3 is 11.1 Å². The van der Waals surface area contributed by atoms with Gasteiger partial charge in [0.2, 0.25) is 15.9 Å². The number of hydrogen-bond acceptors (Lipinski definition) is 4. The molecule has 0 bridgehead atoms. The number of amides is 2. The molecule has 0 heterocycles. The Balaban J connectivity index is 2.39. The molecule has 0 spiro atoms. The van der Waals surface area contributed by atoms with Crippen molar-refractivity contribution < 1.29 is 18.0 Å². The summed E-state index contributed by atoms with van der Waals surface area (Å²) < 4.78 is 25.6. The molecule has 3 N–H and O–H groups in total. The lowest BCUT2D eigenvalue weighted by Gasteiger charge is -2.28. The molecule has 9 heteroatoms. The van der Waals surface area contributed by atoms with Crippen LogP contribution in [0.25, 0.3) is 0 Å². The number of rotatable bonds is 6. The van der Waals surface area contributed by atoms with Crippen LogP contribution in [0.15, 0.2) is 42.5 Å². The van der Waals surface area contributed by atoms with E-state index in [1.165, 1.54) is 25.1 Å². The van der Waals surface area contributed by atoms with Crippen LogP contribution >= 0.6 is 11.6 Å². The monoisotopic (exact) mass is 409 g/mol. The number of benzene rings is 2. The van der Waals surface area contributed by atoms with Gasteiger partial charge in [-0.15, -0.1) is 0 Å². The molecule has 2 aromatic rings. The van der Waals surface area contributed by atoms with E-state index in [9.17, 15) is 18.0 Å². The fraction of sp³-hybridized carbons (Fsp3) is 0.222. The number of carbonyl (C=O) groups excluding carboxylic acids is 2. The Bertz CT molecular complexity index is 992. The lowest BCUT2D eigenvalue weighted by molar-refractivity contribution is -0.116. The van der Waals surface area contributed by atoms with Crippen LogP contribution in [0.1, 0.15) is 22.8 Å². The zero-order chi connectivity index (χ0) is 20.4. The summed E-state index contributed by atoms with van der Waals surface area (Å²) in [5, 5.41) is 2.94. The van der Waals surface area contributed by atoms with Gasteiger partial charge in [0.15, 0.2) is 0 Å². The van der Waals surface area contributed by atoms with E-state index in [0.717, 1.165) is 16.1 Å². The van der Waals surface area contributed by atoms with Crippen LogP contribution in [0.2, 0.25) is 5.02 Å². The highest BCUT2D eigenvalue weighted by atomic mass is 35.5. The first kappa shape index (κ1) is 20.7. The minimum absolute atomic E-state index is 0.127. The summed E-state index contributed by atoms with van der Waals surface area (Å²) in [6.07, 6.45) is 1.00.